The fourth-order valence-electron chi connectivity index (χ4n) is 10.8. The van der Waals surface area contributed by atoms with Crippen LogP contribution in [0.3, 0.4) is 0 Å². The molecule has 2 N–H and O–H groups in total. The molecule has 1 fully saturated rings. The molecule has 0 bridgehead atoms. The van der Waals surface area contributed by atoms with Gasteiger partial charge in [0.2, 0.25) is 0 Å². The summed E-state index contributed by atoms with van der Waals surface area (Å²) in [6.45, 7) is 19.4. The van der Waals surface area contributed by atoms with E-state index in [1.54, 1.807) is 45.0 Å². The van der Waals surface area contributed by atoms with Gasteiger partial charge in [-0.05, 0) is 188 Å². The number of ether oxygens (including phenoxy) is 3. The molecule has 6 aromatic carbocycles. The van der Waals surface area contributed by atoms with Gasteiger partial charge < -0.3 is 32.0 Å². The number of allylic oxidation sites excluding steroid dienone is 1. The summed E-state index contributed by atoms with van der Waals surface area (Å²) in [4.78, 5) is 37.3. The van der Waals surface area contributed by atoms with E-state index in [1.807, 2.05) is 108 Å². The Labute approximate surface area is 506 Å². The summed E-state index contributed by atoms with van der Waals surface area (Å²) < 4.78 is 25.5. The van der Waals surface area contributed by atoms with Crippen LogP contribution < -0.4 is 0 Å². The average molecular weight is 1120 g/mol. The average Bonchev–Trinajstić information content (AvgIpc) is 3.97. The van der Waals surface area contributed by atoms with Crippen molar-refractivity contribution in [3.63, 3.8) is 0 Å². The number of hydrogen-bond acceptors (Lipinski definition) is 10. The number of methoxy groups -OCH3 is 2. The van der Waals surface area contributed by atoms with E-state index in [9.17, 15) is 19.5 Å². The molecule has 3 atom stereocenters. The smallest absolute Gasteiger partial charge is 0.479 e. The zero-order valence-corrected chi connectivity index (χ0v) is 51.6. The summed E-state index contributed by atoms with van der Waals surface area (Å²) in [5.74, 6) is -0.484. The zero-order chi connectivity index (χ0) is 58.6. The van der Waals surface area contributed by atoms with Crippen LogP contribution in [0.1, 0.15) is 162 Å². The molecule has 82 heavy (non-hydrogen) atoms. The van der Waals surface area contributed by atoms with Crippen LogP contribution in [0.2, 0.25) is 0 Å². The molecule has 12 heteroatoms. The zero-order valence-electron chi connectivity index (χ0n) is 50.4. The van der Waals surface area contributed by atoms with E-state index >= 15 is 0 Å². The second-order valence-electron chi connectivity index (χ2n) is 24.5. The Morgan fingerprint density at radius 1 is 0.573 bits per heavy atom. The minimum atomic E-state index is -0.588. The number of rotatable bonds is 10. The molecule has 0 saturated carbocycles. The number of aliphatic hydroxyl groups excluding tert-OH is 1. The Morgan fingerprint density at radius 3 is 1.44 bits per heavy atom. The number of Topliss-reactive ketones (excluding diaryl/α,β-unsaturated/α-hetero) is 1. The number of ketones is 1. The van der Waals surface area contributed by atoms with Crippen molar-refractivity contribution in [3.05, 3.63) is 224 Å². The largest absolute Gasteiger partial charge is 0.669 e. The maximum atomic E-state index is 13.8. The normalized spacial score (nSPS) is 18.9. The molecule has 6 aromatic rings. The number of benzene rings is 6. The number of carbonyl (C=O) groups excluding carboxylic acids is 3. The van der Waals surface area contributed by atoms with Gasteiger partial charge in [0, 0.05) is 54.3 Å². The van der Waals surface area contributed by atoms with Gasteiger partial charge in [0.25, 0.3) is 0 Å². The van der Waals surface area contributed by atoms with Crippen LogP contribution in [0.25, 0.3) is 12.2 Å². The molecule has 1 aliphatic heterocycles. The Morgan fingerprint density at radius 2 is 1.00 bits per heavy atom. The van der Waals surface area contributed by atoms with Crippen molar-refractivity contribution in [3.8, 4) is 0 Å². The third kappa shape index (κ3) is 17.5. The molecule has 10 nitrogen and oxygen atoms in total. The van der Waals surface area contributed by atoms with Crippen molar-refractivity contribution in [1.82, 2.24) is 0 Å². The molecule has 0 aromatic heterocycles. The van der Waals surface area contributed by atoms with Gasteiger partial charge in [0.1, 0.15) is 0 Å². The molecule has 1 saturated heterocycles. The molecule has 5 aliphatic rings. The van der Waals surface area contributed by atoms with Gasteiger partial charge >= 0.3 is 27.8 Å². The van der Waals surface area contributed by atoms with Crippen molar-refractivity contribution in [2.24, 2.45) is 10.8 Å². The van der Waals surface area contributed by atoms with E-state index in [0.717, 1.165) is 60.3 Å². The van der Waals surface area contributed by atoms with Gasteiger partial charge in [0.05, 0.1) is 42.5 Å². The number of aliphatic hydroxyl groups is 2. The summed E-state index contributed by atoms with van der Waals surface area (Å²) in [6, 6.07) is 48.0. The van der Waals surface area contributed by atoms with Crippen LogP contribution in [0, 0.1) is 10.8 Å². The molecule has 1 heterocycles. The summed E-state index contributed by atoms with van der Waals surface area (Å²) in [6.07, 6.45) is 11.0. The van der Waals surface area contributed by atoms with Crippen LogP contribution >= 0.6 is 0 Å². The number of fused-ring (bicyclic) bond motifs is 4. The Hall–Kier alpha value is -5.66. The first kappa shape index (κ1) is 65.5. The first-order chi connectivity index (χ1) is 38.4. The SMILES string of the molecule is C1CCOC1.CC(C)(C)O.CC(C)(C)[O][Al][O]C(C)(C)C.COC(=O)c1ccc(CC2(C3=Cc4ccccc4C3)Cc3ccccc3C2=O)cc1.COC(=O)c1ccc(CC2(C3=Cc4ccccc4C3)Cc3ccccc3C2O)cc1.[Li]. The summed E-state index contributed by atoms with van der Waals surface area (Å²) >= 11 is -0.331. The van der Waals surface area contributed by atoms with Crippen molar-refractivity contribution in [2.45, 2.75) is 137 Å². The molecular formula is C70H82AlLiO10. The van der Waals surface area contributed by atoms with Crippen LogP contribution in [0.5, 0.6) is 0 Å². The third-order valence-corrected chi connectivity index (χ3v) is 16.4. The van der Waals surface area contributed by atoms with E-state index in [-0.39, 0.29) is 63.7 Å². The van der Waals surface area contributed by atoms with E-state index in [4.69, 9.17) is 26.9 Å². The summed E-state index contributed by atoms with van der Waals surface area (Å²) in [7, 11) is 2.77. The minimum absolute atomic E-state index is 0. The fourth-order valence-corrected chi connectivity index (χ4v) is 11.4. The maximum absolute atomic E-state index is 13.8. The van der Waals surface area contributed by atoms with Crippen molar-refractivity contribution >= 4 is 64.6 Å². The third-order valence-electron chi connectivity index (χ3n) is 14.8. The number of carbonyl (C=O) groups is 3. The first-order valence-corrected chi connectivity index (χ1v) is 29.1. The topological polar surface area (TPSA) is 138 Å². The second kappa shape index (κ2) is 28.8. The molecule has 3 unspecified atom stereocenters. The molecular weight excluding hydrogens is 1030 g/mol. The number of esters is 2. The van der Waals surface area contributed by atoms with Crippen LogP contribution in [-0.2, 0) is 60.3 Å². The van der Waals surface area contributed by atoms with Gasteiger partial charge in [-0.3, -0.25) is 4.79 Å². The predicted octanol–water partition coefficient (Wildman–Crippen LogP) is 13.4. The molecule has 4 aliphatic carbocycles. The minimum Gasteiger partial charge on any atom is -0.479 e. The van der Waals surface area contributed by atoms with E-state index in [2.05, 4.69) is 66.7 Å². The van der Waals surface area contributed by atoms with Crippen molar-refractivity contribution in [1.29, 1.82) is 0 Å². The molecule has 0 spiro atoms. The number of hydrogen-bond donors (Lipinski definition) is 2. The van der Waals surface area contributed by atoms with Crippen molar-refractivity contribution in [2.75, 3.05) is 27.4 Å². The second-order valence-corrected chi connectivity index (χ2v) is 25.2. The summed E-state index contributed by atoms with van der Waals surface area (Å²) in [5.41, 5.74) is 13.3. The monoisotopic (exact) mass is 1120 g/mol. The van der Waals surface area contributed by atoms with Crippen LogP contribution in [-0.4, -0.2) is 107 Å². The van der Waals surface area contributed by atoms with Gasteiger partial charge in [-0.1, -0.05) is 145 Å². The molecule has 0 amide bonds. The van der Waals surface area contributed by atoms with Crippen LogP contribution in [0.4, 0.5) is 0 Å². The molecule has 2 radical (unpaired) electrons. The van der Waals surface area contributed by atoms with Gasteiger partial charge in [-0.25, -0.2) is 9.59 Å². The fraction of sp³-hybridized carbons (Fsp3) is 0.386. The van der Waals surface area contributed by atoms with Gasteiger partial charge in [-0.15, -0.1) is 0 Å². The first-order valence-electron chi connectivity index (χ1n) is 28.2. The molecule has 426 valence electrons. The molecule has 11 rings (SSSR count). The quantitative estimate of drug-likeness (QED) is 0.101. The predicted molar refractivity (Wildman–Crippen MR) is 329 cm³/mol. The van der Waals surface area contributed by atoms with Crippen LogP contribution in [0.15, 0.2) is 157 Å². The Kier molecular flexibility index (Phi) is 23.0. The van der Waals surface area contributed by atoms with Gasteiger partial charge in [-0.2, -0.15) is 0 Å². The van der Waals surface area contributed by atoms with E-state index < -0.39 is 22.5 Å². The standard InChI is InChI=1S/C27H24O3.C27H22O3.C4H8O.C4H10O.2C4H9O.Al.Li/c2*1-30-26(29)19-12-10-18(11-13-19)16-27(17-22-8-4-5-9-24(22)25(27)28)23-14-20-6-2-3-7-21(20)15-23;1-2-4-5-3-1;3*1-4(2,3)5;;/h2-14,25,28H,15-17H2,1H3;2-14H,15-17H2,1H3;1-4H2;5H,1-3H3;2*1-3H3;;/q;;;;2*-1;+2;. The Bertz CT molecular complexity index is 3150. The maximum Gasteiger partial charge on any atom is 0.669 e. The van der Waals surface area contributed by atoms with E-state index in [1.165, 1.54) is 66.0 Å². The van der Waals surface area contributed by atoms with E-state index in [0.29, 0.717) is 30.4 Å². The Balaban J connectivity index is 0.000000195. The van der Waals surface area contributed by atoms with Crippen molar-refractivity contribution < 1.29 is 46.4 Å². The summed E-state index contributed by atoms with van der Waals surface area (Å²) in [5, 5.41) is 20.1. The van der Waals surface area contributed by atoms with Gasteiger partial charge in [0.15, 0.2) is 5.78 Å².